The molecule has 1 fully saturated rings. The Bertz CT molecular complexity index is 467. The Balaban J connectivity index is 2.13. The molecule has 5 heteroatoms. The number of oxime groups is 1. The Labute approximate surface area is 119 Å². The van der Waals surface area contributed by atoms with Gasteiger partial charge in [-0.15, -0.1) is 0 Å². The van der Waals surface area contributed by atoms with Crippen LogP contribution in [0.2, 0.25) is 0 Å². The van der Waals surface area contributed by atoms with Crippen LogP contribution >= 0.6 is 0 Å². The van der Waals surface area contributed by atoms with Crippen molar-refractivity contribution in [3.63, 3.8) is 0 Å². The fourth-order valence-corrected chi connectivity index (χ4v) is 2.64. The molecule has 0 saturated heterocycles. The van der Waals surface area contributed by atoms with E-state index >= 15 is 0 Å². The second-order valence-electron chi connectivity index (χ2n) is 5.15. The van der Waals surface area contributed by atoms with Crippen molar-refractivity contribution in [2.45, 2.75) is 32.1 Å². The average Bonchev–Trinajstić information content (AvgIpc) is 3.02. The van der Waals surface area contributed by atoms with Crippen molar-refractivity contribution in [1.82, 2.24) is 0 Å². The smallest absolute Gasteiger partial charge is 0.230 e. The van der Waals surface area contributed by atoms with Gasteiger partial charge in [0.05, 0.1) is 0 Å². The molecule has 0 aromatic heterocycles. The Kier molecular flexibility index (Phi) is 4.98. The number of hydrogen-bond acceptors (Lipinski definition) is 3. The van der Waals surface area contributed by atoms with E-state index in [1.54, 1.807) is 4.90 Å². The largest absolute Gasteiger partial charge is 0.409 e. The summed E-state index contributed by atoms with van der Waals surface area (Å²) in [6, 6.07) is 9.57. The van der Waals surface area contributed by atoms with Crippen LogP contribution in [0.3, 0.4) is 0 Å². The Morgan fingerprint density at radius 1 is 1.30 bits per heavy atom. The number of benzene rings is 1. The lowest BCUT2D eigenvalue weighted by molar-refractivity contribution is -0.122. The highest BCUT2D eigenvalue weighted by Crippen LogP contribution is 2.28. The van der Waals surface area contributed by atoms with Gasteiger partial charge in [-0.3, -0.25) is 4.79 Å². The average molecular weight is 275 g/mol. The first-order valence-corrected chi connectivity index (χ1v) is 7.05. The molecule has 5 nitrogen and oxygen atoms in total. The van der Waals surface area contributed by atoms with Crippen LogP contribution in [0.5, 0.6) is 0 Å². The minimum absolute atomic E-state index is 0.113. The normalized spacial score (nSPS) is 16.3. The topological polar surface area (TPSA) is 78.9 Å². The molecule has 1 aliphatic rings. The van der Waals surface area contributed by atoms with Crippen LogP contribution in [-0.4, -0.2) is 23.5 Å². The van der Waals surface area contributed by atoms with Gasteiger partial charge in [0.2, 0.25) is 5.91 Å². The molecule has 1 aliphatic carbocycles. The highest BCUT2D eigenvalue weighted by molar-refractivity contribution is 5.96. The number of para-hydroxylation sites is 1. The molecule has 0 unspecified atom stereocenters. The molecule has 1 saturated carbocycles. The molecule has 0 radical (unpaired) electrons. The van der Waals surface area contributed by atoms with E-state index in [0.29, 0.717) is 13.0 Å². The standard InChI is InChI=1S/C15H21N3O2/c16-14(17-20)10-11-18(13-8-2-1-3-9-13)15(19)12-6-4-5-7-12/h1-3,8-9,12,20H,4-7,10-11H2,(H2,16,17). The van der Waals surface area contributed by atoms with E-state index in [1.807, 2.05) is 30.3 Å². The number of amidine groups is 1. The lowest BCUT2D eigenvalue weighted by Crippen LogP contribution is -2.37. The summed E-state index contributed by atoms with van der Waals surface area (Å²) in [5, 5.41) is 11.6. The van der Waals surface area contributed by atoms with E-state index in [4.69, 9.17) is 10.9 Å². The molecule has 0 heterocycles. The number of hydrogen-bond donors (Lipinski definition) is 2. The number of carbonyl (C=O) groups excluding carboxylic acids is 1. The third-order valence-corrected chi connectivity index (χ3v) is 3.76. The maximum absolute atomic E-state index is 12.6. The van der Waals surface area contributed by atoms with Crippen LogP contribution in [-0.2, 0) is 4.79 Å². The number of nitrogens with zero attached hydrogens (tertiary/aromatic N) is 2. The van der Waals surface area contributed by atoms with Crippen LogP contribution in [0.25, 0.3) is 0 Å². The minimum Gasteiger partial charge on any atom is -0.409 e. The van der Waals surface area contributed by atoms with Crippen LogP contribution in [0.15, 0.2) is 35.5 Å². The molecular weight excluding hydrogens is 254 g/mol. The fraction of sp³-hybridized carbons (Fsp3) is 0.467. The summed E-state index contributed by atoms with van der Waals surface area (Å²) in [6.07, 6.45) is 4.54. The van der Waals surface area contributed by atoms with Crippen LogP contribution < -0.4 is 10.6 Å². The predicted molar refractivity (Wildman–Crippen MR) is 78.8 cm³/mol. The molecule has 0 atom stereocenters. The van der Waals surface area contributed by atoms with Crippen LogP contribution in [0.1, 0.15) is 32.1 Å². The monoisotopic (exact) mass is 275 g/mol. The van der Waals surface area contributed by atoms with Gasteiger partial charge in [-0.05, 0) is 25.0 Å². The van der Waals surface area contributed by atoms with Crippen molar-refractivity contribution in [2.75, 3.05) is 11.4 Å². The Hall–Kier alpha value is -2.04. The highest BCUT2D eigenvalue weighted by Gasteiger charge is 2.28. The summed E-state index contributed by atoms with van der Waals surface area (Å²) < 4.78 is 0. The van der Waals surface area contributed by atoms with Gasteiger partial charge in [0, 0.05) is 24.6 Å². The van der Waals surface area contributed by atoms with E-state index in [2.05, 4.69) is 5.16 Å². The van der Waals surface area contributed by atoms with Crippen LogP contribution in [0.4, 0.5) is 5.69 Å². The predicted octanol–water partition coefficient (Wildman–Crippen LogP) is 2.35. The lowest BCUT2D eigenvalue weighted by atomic mass is 10.1. The zero-order valence-corrected chi connectivity index (χ0v) is 11.5. The summed E-state index contributed by atoms with van der Waals surface area (Å²) in [7, 11) is 0. The maximum atomic E-state index is 12.6. The molecule has 2 rings (SSSR count). The summed E-state index contributed by atoms with van der Waals surface area (Å²) in [5.41, 5.74) is 6.39. The SMILES string of the molecule is N/C(CCN(C(=O)C1CCCC1)c1ccccc1)=N/O. The maximum Gasteiger partial charge on any atom is 0.230 e. The van der Waals surface area contributed by atoms with Gasteiger partial charge < -0.3 is 15.8 Å². The molecule has 1 amide bonds. The molecule has 1 aromatic rings. The third-order valence-electron chi connectivity index (χ3n) is 3.76. The zero-order chi connectivity index (χ0) is 14.4. The second kappa shape index (κ2) is 6.93. The summed E-state index contributed by atoms with van der Waals surface area (Å²) >= 11 is 0. The van der Waals surface area contributed by atoms with E-state index in [9.17, 15) is 4.79 Å². The number of carbonyl (C=O) groups is 1. The molecule has 0 bridgehead atoms. The number of rotatable bonds is 5. The number of nitrogens with two attached hydrogens (primary N) is 1. The molecule has 0 spiro atoms. The zero-order valence-electron chi connectivity index (χ0n) is 11.5. The molecular formula is C15H21N3O2. The number of amides is 1. The highest BCUT2D eigenvalue weighted by atomic mass is 16.4. The van der Waals surface area contributed by atoms with E-state index in [0.717, 1.165) is 31.4 Å². The summed E-state index contributed by atoms with van der Waals surface area (Å²) in [6.45, 7) is 0.440. The van der Waals surface area contributed by atoms with Gasteiger partial charge in [-0.2, -0.15) is 0 Å². The molecule has 20 heavy (non-hydrogen) atoms. The third kappa shape index (κ3) is 3.50. The van der Waals surface area contributed by atoms with Crippen molar-refractivity contribution in [3.8, 4) is 0 Å². The van der Waals surface area contributed by atoms with Crippen molar-refractivity contribution in [2.24, 2.45) is 16.8 Å². The fourth-order valence-electron chi connectivity index (χ4n) is 2.64. The Morgan fingerprint density at radius 2 is 1.95 bits per heavy atom. The summed E-state index contributed by atoms with van der Waals surface area (Å²) in [5.74, 6) is 0.409. The van der Waals surface area contributed by atoms with Gasteiger partial charge in [0.1, 0.15) is 5.84 Å². The molecule has 1 aromatic carbocycles. The Morgan fingerprint density at radius 3 is 2.55 bits per heavy atom. The first kappa shape index (κ1) is 14.4. The lowest BCUT2D eigenvalue weighted by Gasteiger charge is -2.25. The quantitative estimate of drug-likeness (QED) is 0.375. The summed E-state index contributed by atoms with van der Waals surface area (Å²) in [4.78, 5) is 14.4. The van der Waals surface area contributed by atoms with Crippen molar-refractivity contribution >= 4 is 17.4 Å². The first-order valence-electron chi connectivity index (χ1n) is 7.05. The minimum atomic E-state index is 0.113. The van der Waals surface area contributed by atoms with Gasteiger partial charge in [0.25, 0.3) is 0 Å². The van der Waals surface area contributed by atoms with Crippen LogP contribution in [0, 0.1) is 5.92 Å². The first-order chi connectivity index (χ1) is 9.72. The molecule has 3 N–H and O–H groups in total. The van der Waals surface area contributed by atoms with Gasteiger partial charge in [0.15, 0.2) is 0 Å². The van der Waals surface area contributed by atoms with Gasteiger partial charge >= 0.3 is 0 Å². The molecule has 0 aliphatic heterocycles. The van der Waals surface area contributed by atoms with Gasteiger partial charge in [-0.25, -0.2) is 0 Å². The van der Waals surface area contributed by atoms with E-state index in [-0.39, 0.29) is 17.7 Å². The van der Waals surface area contributed by atoms with E-state index < -0.39 is 0 Å². The van der Waals surface area contributed by atoms with Gasteiger partial charge in [-0.1, -0.05) is 36.2 Å². The number of anilines is 1. The van der Waals surface area contributed by atoms with Crippen molar-refractivity contribution < 1.29 is 10.0 Å². The van der Waals surface area contributed by atoms with E-state index in [1.165, 1.54) is 0 Å². The van der Waals surface area contributed by atoms with Crippen molar-refractivity contribution in [3.05, 3.63) is 30.3 Å². The molecule has 108 valence electrons. The second-order valence-corrected chi connectivity index (χ2v) is 5.15. The van der Waals surface area contributed by atoms with Crippen molar-refractivity contribution in [1.29, 1.82) is 0 Å².